The lowest BCUT2D eigenvalue weighted by atomic mass is 9.96. The van der Waals surface area contributed by atoms with E-state index in [0.29, 0.717) is 0 Å². The van der Waals surface area contributed by atoms with Crippen molar-refractivity contribution in [2.75, 3.05) is 6.54 Å². The number of nitrogens with one attached hydrogen (secondary N) is 2. The largest absolute Gasteiger partial charge is 0.337 e. The van der Waals surface area contributed by atoms with Gasteiger partial charge in [-0.15, -0.1) is 0 Å². The molecule has 1 aliphatic rings. The van der Waals surface area contributed by atoms with E-state index >= 15 is 0 Å². The summed E-state index contributed by atoms with van der Waals surface area (Å²) in [5.74, 6) is -0.183. The average molecular weight is 317 g/mol. The summed E-state index contributed by atoms with van der Waals surface area (Å²) in [4.78, 5) is 12.2. The van der Waals surface area contributed by atoms with Crippen molar-refractivity contribution in [1.82, 2.24) is 10.6 Å². The van der Waals surface area contributed by atoms with Gasteiger partial charge in [-0.05, 0) is 49.3 Å². The number of nitriles is 1. The zero-order valence-electron chi connectivity index (χ0n) is 13.7. The molecule has 0 spiro atoms. The number of hydrogen-bond acceptors (Lipinski definition) is 3. The second-order valence-corrected chi connectivity index (χ2v) is 6.60. The van der Waals surface area contributed by atoms with E-state index in [2.05, 4.69) is 16.7 Å². The maximum Gasteiger partial charge on any atom is 0.235 e. The van der Waals surface area contributed by atoms with E-state index in [-0.39, 0.29) is 30.2 Å². The van der Waals surface area contributed by atoms with Gasteiger partial charge in [0.15, 0.2) is 0 Å². The second-order valence-electron chi connectivity index (χ2n) is 6.60. The summed E-state index contributed by atoms with van der Waals surface area (Å²) < 4.78 is 13.1. The third kappa shape index (κ3) is 4.52. The van der Waals surface area contributed by atoms with Crippen LogP contribution in [0.25, 0.3) is 0 Å². The zero-order chi connectivity index (χ0) is 16.9. The predicted molar refractivity (Wildman–Crippen MR) is 86.9 cm³/mol. The summed E-state index contributed by atoms with van der Waals surface area (Å²) in [5, 5.41) is 15.4. The minimum absolute atomic E-state index is 0.0389. The van der Waals surface area contributed by atoms with Crippen molar-refractivity contribution in [3.05, 3.63) is 35.6 Å². The molecule has 1 fully saturated rings. The molecule has 1 amide bonds. The fourth-order valence-electron chi connectivity index (χ4n) is 3.17. The number of benzene rings is 1. The third-order valence-electron chi connectivity index (χ3n) is 4.43. The number of carbonyl (C=O) groups is 1. The highest BCUT2D eigenvalue weighted by Gasteiger charge is 2.35. The van der Waals surface area contributed by atoms with E-state index in [9.17, 15) is 14.4 Å². The average Bonchev–Trinajstić information content (AvgIpc) is 2.98. The molecule has 0 heterocycles. The summed E-state index contributed by atoms with van der Waals surface area (Å²) in [7, 11) is 0. The summed E-state index contributed by atoms with van der Waals surface area (Å²) >= 11 is 0. The van der Waals surface area contributed by atoms with Gasteiger partial charge in [-0.25, -0.2) is 4.39 Å². The summed E-state index contributed by atoms with van der Waals surface area (Å²) in [6.07, 6.45) is 3.40. The molecular weight excluding hydrogens is 293 g/mol. The third-order valence-corrected chi connectivity index (χ3v) is 4.43. The Balaban J connectivity index is 1.95. The van der Waals surface area contributed by atoms with Crippen molar-refractivity contribution in [3.8, 4) is 6.07 Å². The molecule has 1 atom stereocenters. The highest BCUT2D eigenvalue weighted by molar-refractivity contribution is 5.79. The Hall–Kier alpha value is -1.93. The summed E-state index contributed by atoms with van der Waals surface area (Å²) in [5.41, 5.74) is 0.257. The predicted octanol–water partition coefficient (Wildman–Crippen LogP) is 3.06. The fourth-order valence-corrected chi connectivity index (χ4v) is 3.17. The van der Waals surface area contributed by atoms with Gasteiger partial charge in [-0.1, -0.05) is 26.0 Å². The lowest BCUT2D eigenvalue weighted by Gasteiger charge is -2.25. The topological polar surface area (TPSA) is 64.9 Å². The fraction of sp³-hybridized carbons (Fsp3) is 0.556. The van der Waals surface area contributed by atoms with Crippen molar-refractivity contribution in [2.45, 2.75) is 51.1 Å². The number of hydrogen-bond donors (Lipinski definition) is 2. The molecule has 1 aromatic carbocycles. The Morgan fingerprint density at radius 3 is 2.43 bits per heavy atom. The molecule has 23 heavy (non-hydrogen) atoms. The number of rotatable bonds is 6. The molecule has 0 bridgehead atoms. The van der Waals surface area contributed by atoms with Crippen LogP contribution in [0.5, 0.6) is 0 Å². The number of carbonyl (C=O) groups excluding carboxylic acids is 1. The normalized spacial score (nSPS) is 17.7. The van der Waals surface area contributed by atoms with E-state index in [4.69, 9.17) is 0 Å². The van der Waals surface area contributed by atoms with Gasteiger partial charge in [-0.3, -0.25) is 4.79 Å². The molecule has 5 heteroatoms. The maximum atomic E-state index is 13.1. The van der Waals surface area contributed by atoms with E-state index in [1.165, 1.54) is 12.1 Å². The molecule has 1 aliphatic carbocycles. The van der Waals surface area contributed by atoms with E-state index in [0.717, 1.165) is 31.2 Å². The second kappa shape index (κ2) is 7.56. The molecule has 0 aliphatic heterocycles. The summed E-state index contributed by atoms with van der Waals surface area (Å²) in [6.45, 7) is 4.24. The van der Waals surface area contributed by atoms with Crippen molar-refractivity contribution in [3.63, 3.8) is 0 Å². The quantitative estimate of drug-likeness (QED) is 0.847. The molecule has 0 radical (unpaired) electrons. The Kier molecular flexibility index (Phi) is 5.73. The zero-order valence-corrected chi connectivity index (χ0v) is 13.7. The van der Waals surface area contributed by atoms with Crippen LogP contribution < -0.4 is 10.6 Å². The van der Waals surface area contributed by atoms with Gasteiger partial charge in [0.1, 0.15) is 11.4 Å². The molecule has 0 aromatic heterocycles. The van der Waals surface area contributed by atoms with Crippen molar-refractivity contribution >= 4 is 5.91 Å². The molecule has 124 valence electrons. The van der Waals surface area contributed by atoms with Crippen LogP contribution in [-0.4, -0.2) is 18.0 Å². The first kappa shape index (κ1) is 17.4. The highest BCUT2D eigenvalue weighted by atomic mass is 19.1. The smallest absolute Gasteiger partial charge is 0.235 e. The van der Waals surface area contributed by atoms with Crippen molar-refractivity contribution in [2.24, 2.45) is 5.92 Å². The van der Waals surface area contributed by atoms with Crippen LogP contribution >= 0.6 is 0 Å². The Morgan fingerprint density at radius 1 is 1.30 bits per heavy atom. The van der Waals surface area contributed by atoms with E-state index in [1.807, 2.05) is 13.8 Å². The number of halogens is 1. The molecular formula is C18H24FN3O. The Labute approximate surface area is 137 Å². The molecule has 1 aromatic rings. The number of nitrogens with zero attached hydrogens (tertiary/aromatic N) is 1. The van der Waals surface area contributed by atoms with Gasteiger partial charge >= 0.3 is 0 Å². The summed E-state index contributed by atoms with van der Waals surface area (Å²) in [6, 6.07) is 8.54. The van der Waals surface area contributed by atoms with Crippen LogP contribution in [-0.2, 0) is 4.79 Å². The van der Waals surface area contributed by atoms with Crippen LogP contribution in [0.3, 0.4) is 0 Å². The number of amides is 1. The van der Waals surface area contributed by atoms with Crippen LogP contribution in [0.1, 0.15) is 51.1 Å². The Bertz CT molecular complexity index is 571. The monoisotopic (exact) mass is 317 g/mol. The van der Waals surface area contributed by atoms with Gasteiger partial charge in [-0.2, -0.15) is 5.26 Å². The van der Waals surface area contributed by atoms with E-state index < -0.39 is 5.54 Å². The Morgan fingerprint density at radius 2 is 1.91 bits per heavy atom. The standard InChI is InChI=1S/C18H24FN3O/c1-13(2)17(14-5-7-15(19)8-6-14)21-11-16(23)22-18(12-20)9-3-4-10-18/h5-8,13,17,21H,3-4,9-11H2,1-2H3,(H,22,23). The van der Waals surface area contributed by atoms with Gasteiger partial charge in [0.05, 0.1) is 12.6 Å². The SMILES string of the molecule is CC(C)C(NCC(=O)NC1(C#N)CCCC1)c1ccc(F)cc1. The van der Waals surface area contributed by atoms with Gasteiger partial charge < -0.3 is 10.6 Å². The van der Waals surface area contributed by atoms with Crippen molar-refractivity contribution < 1.29 is 9.18 Å². The van der Waals surface area contributed by atoms with Gasteiger partial charge in [0, 0.05) is 6.04 Å². The van der Waals surface area contributed by atoms with Gasteiger partial charge in [0.25, 0.3) is 0 Å². The van der Waals surface area contributed by atoms with Crippen LogP contribution in [0.15, 0.2) is 24.3 Å². The molecule has 1 unspecified atom stereocenters. The lowest BCUT2D eigenvalue weighted by molar-refractivity contribution is -0.121. The van der Waals surface area contributed by atoms with Crippen molar-refractivity contribution in [1.29, 1.82) is 5.26 Å². The lowest BCUT2D eigenvalue weighted by Crippen LogP contribution is -2.48. The first-order valence-corrected chi connectivity index (χ1v) is 8.17. The highest BCUT2D eigenvalue weighted by Crippen LogP contribution is 2.28. The minimum atomic E-state index is -0.692. The van der Waals surface area contributed by atoms with Crippen LogP contribution in [0.4, 0.5) is 4.39 Å². The van der Waals surface area contributed by atoms with Crippen LogP contribution in [0, 0.1) is 23.1 Å². The molecule has 0 saturated heterocycles. The van der Waals surface area contributed by atoms with E-state index in [1.54, 1.807) is 12.1 Å². The molecule has 4 nitrogen and oxygen atoms in total. The minimum Gasteiger partial charge on any atom is -0.337 e. The molecule has 2 N–H and O–H groups in total. The molecule has 2 rings (SSSR count). The first-order valence-electron chi connectivity index (χ1n) is 8.17. The molecule has 1 saturated carbocycles. The maximum absolute atomic E-state index is 13.1. The van der Waals surface area contributed by atoms with Gasteiger partial charge in [0.2, 0.25) is 5.91 Å². The first-order chi connectivity index (χ1) is 11.0. The van der Waals surface area contributed by atoms with Crippen LogP contribution in [0.2, 0.25) is 0 Å².